The van der Waals surface area contributed by atoms with E-state index in [-0.39, 0.29) is 5.56 Å². The Balaban J connectivity index is 1.68. The molecule has 9 heteroatoms. The Morgan fingerprint density at radius 1 is 1.10 bits per heavy atom. The number of hydrogen-bond acceptors (Lipinski definition) is 5. The molecule has 4 aromatic rings. The first-order valence-corrected chi connectivity index (χ1v) is 9.58. The minimum Gasteiger partial charge on any atom is -0.387 e. The molecule has 0 radical (unpaired) electrons. The molecule has 5 rings (SSSR count). The maximum absolute atomic E-state index is 12.4. The lowest BCUT2D eigenvalue weighted by atomic mass is 10.1. The largest absolute Gasteiger partial charge is 0.387 e. The van der Waals surface area contributed by atoms with Gasteiger partial charge < -0.3 is 15.6 Å². The van der Waals surface area contributed by atoms with E-state index in [4.69, 9.17) is 23.2 Å². The van der Waals surface area contributed by atoms with Crippen molar-refractivity contribution in [1.82, 2.24) is 25.5 Å². The van der Waals surface area contributed by atoms with Crippen molar-refractivity contribution in [2.75, 3.05) is 11.9 Å². The quantitative estimate of drug-likeness (QED) is 0.404. The molecule has 0 unspecified atom stereocenters. The van der Waals surface area contributed by atoms with E-state index in [1.165, 1.54) is 0 Å². The molecule has 3 aromatic heterocycles. The zero-order valence-corrected chi connectivity index (χ0v) is 16.4. The highest BCUT2D eigenvalue weighted by atomic mass is 35.5. The maximum atomic E-state index is 12.4. The fourth-order valence-electron chi connectivity index (χ4n) is 3.42. The summed E-state index contributed by atoms with van der Waals surface area (Å²) >= 11 is 13.1. The van der Waals surface area contributed by atoms with Gasteiger partial charge in [0.25, 0.3) is 5.56 Å². The summed E-state index contributed by atoms with van der Waals surface area (Å²) in [5.74, 6) is 0.578. The molecule has 0 saturated carbocycles. The zero-order chi connectivity index (χ0) is 20.0. The fraction of sp³-hybridized carbons (Fsp3) is 0.0500. The highest BCUT2D eigenvalue weighted by Gasteiger charge is 2.15. The van der Waals surface area contributed by atoms with E-state index in [0.29, 0.717) is 39.0 Å². The van der Waals surface area contributed by atoms with E-state index in [0.717, 1.165) is 21.7 Å². The maximum Gasteiger partial charge on any atom is 0.258 e. The summed E-state index contributed by atoms with van der Waals surface area (Å²) in [5, 5.41) is 16.3. The monoisotopic (exact) mass is 424 g/mol. The smallest absolute Gasteiger partial charge is 0.258 e. The number of halogens is 2. The summed E-state index contributed by atoms with van der Waals surface area (Å²) in [5.41, 5.74) is 2.57. The number of pyridine rings is 2. The van der Waals surface area contributed by atoms with Crippen LogP contribution < -0.4 is 26.6 Å². The molecule has 0 saturated heterocycles. The van der Waals surface area contributed by atoms with Crippen LogP contribution >= 0.6 is 23.2 Å². The summed E-state index contributed by atoms with van der Waals surface area (Å²) < 4.78 is 0. The minimum atomic E-state index is -0.189. The summed E-state index contributed by atoms with van der Waals surface area (Å²) in [6, 6.07) is 7.21. The normalized spacial score (nSPS) is 12.6. The molecule has 0 aliphatic carbocycles. The van der Waals surface area contributed by atoms with E-state index in [1.807, 2.05) is 18.3 Å². The molecular weight excluding hydrogens is 411 g/mol. The Kier molecular flexibility index (Phi) is 4.26. The van der Waals surface area contributed by atoms with Crippen molar-refractivity contribution >= 4 is 57.9 Å². The highest BCUT2D eigenvalue weighted by Crippen LogP contribution is 2.36. The van der Waals surface area contributed by atoms with Crippen LogP contribution in [0.25, 0.3) is 34.4 Å². The molecule has 1 aromatic carbocycles. The molecule has 0 spiro atoms. The van der Waals surface area contributed by atoms with Crippen LogP contribution in [0.5, 0.6) is 0 Å². The lowest BCUT2D eigenvalue weighted by molar-refractivity contribution is 1.05. The van der Waals surface area contributed by atoms with Crippen LogP contribution in [0, 0.1) is 0 Å². The molecule has 4 heterocycles. The topological polar surface area (TPSA) is 98.5 Å². The first-order chi connectivity index (χ1) is 14.1. The van der Waals surface area contributed by atoms with Gasteiger partial charge >= 0.3 is 0 Å². The van der Waals surface area contributed by atoms with Crippen molar-refractivity contribution in [3.8, 4) is 11.3 Å². The molecule has 0 atom stereocenters. The Labute approximate surface area is 174 Å². The lowest BCUT2D eigenvalue weighted by Crippen LogP contribution is -2.38. The van der Waals surface area contributed by atoms with Crippen molar-refractivity contribution in [1.29, 1.82) is 0 Å². The summed E-state index contributed by atoms with van der Waals surface area (Å²) in [6.45, 7) is 0.625. The molecule has 4 N–H and O–H groups in total. The van der Waals surface area contributed by atoms with E-state index in [9.17, 15) is 4.79 Å². The Bertz CT molecular complexity index is 1400. The van der Waals surface area contributed by atoms with Gasteiger partial charge in [-0.25, -0.2) is 4.98 Å². The third kappa shape index (κ3) is 3.04. The van der Waals surface area contributed by atoms with Crippen LogP contribution in [-0.2, 0) is 0 Å². The molecular formula is C20H14Cl2N6O. The molecule has 0 amide bonds. The molecule has 29 heavy (non-hydrogen) atoms. The van der Waals surface area contributed by atoms with Crippen molar-refractivity contribution in [3.05, 3.63) is 67.5 Å². The second-order valence-corrected chi connectivity index (χ2v) is 7.34. The Morgan fingerprint density at radius 3 is 2.69 bits per heavy atom. The Morgan fingerprint density at radius 2 is 1.93 bits per heavy atom. The van der Waals surface area contributed by atoms with Crippen LogP contribution in [-0.4, -0.2) is 26.7 Å². The second kappa shape index (κ2) is 6.95. The number of anilines is 2. The third-order valence-electron chi connectivity index (χ3n) is 4.75. The van der Waals surface area contributed by atoms with Crippen LogP contribution in [0.1, 0.15) is 0 Å². The molecule has 1 aliphatic rings. The number of nitrogens with zero attached hydrogens (tertiary/aromatic N) is 2. The van der Waals surface area contributed by atoms with Gasteiger partial charge in [0.1, 0.15) is 5.82 Å². The molecule has 0 bridgehead atoms. The van der Waals surface area contributed by atoms with Crippen molar-refractivity contribution in [3.63, 3.8) is 0 Å². The number of benzene rings is 1. The molecule has 144 valence electrons. The number of rotatable bonds is 3. The third-order valence-corrected chi connectivity index (χ3v) is 5.35. The lowest BCUT2D eigenvalue weighted by Gasteiger charge is -2.15. The van der Waals surface area contributed by atoms with Crippen LogP contribution in [0.15, 0.2) is 41.5 Å². The van der Waals surface area contributed by atoms with Gasteiger partial charge in [-0.15, -0.1) is 0 Å². The molecule has 0 fully saturated rings. The number of hydrogen-bond donors (Lipinski definition) is 4. The predicted octanol–water partition coefficient (Wildman–Crippen LogP) is 2.49. The number of nitrogens with one attached hydrogen (secondary N) is 4. The van der Waals surface area contributed by atoms with Crippen LogP contribution in [0.2, 0.25) is 10.0 Å². The van der Waals surface area contributed by atoms with Gasteiger partial charge in [-0.05, 0) is 24.3 Å². The summed E-state index contributed by atoms with van der Waals surface area (Å²) in [4.78, 5) is 19.7. The number of aromatic nitrogens is 4. The predicted molar refractivity (Wildman–Crippen MR) is 116 cm³/mol. The number of aromatic amines is 2. The first-order valence-electron chi connectivity index (χ1n) is 8.83. The standard InChI is InChI=1S/C20H14Cl2N6O/c21-13-7-10(15-3-6-25-28-15)8-14(22)18(13)27-19-11-1-4-23-9-12(11)17-16(26-19)2-5-24-20(17)29/h1-3,5-9,23H,4H2,(H,24,29)(H,25,28)(H,26,27). The van der Waals surface area contributed by atoms with Gasteiger partial charge in [-0.2, -0.15) is 5.10 Å². The average molecular weight is 425 g/mol. The summed E-state index contributed by atoms with van der Waals surface area (Å²) in [6.07, 6.45) is 7.03. The van der Waals surface area contributed by atoms with Crippen LogP contribution in [0.3, 0.4) is 0 Å². The highest BCUT2D eigenvalue weighted by molar-refractivity contribution is 6.39. The van der Waals surface area contributed by atoms with Gasteiger partial charge in [0.2, 0.25) is 0 Å². The number of fused-ring (bicyclic) bond motifs is 3. The Hall–Kier alpha value is -3.29. The van der Waals surface area contributed by atoms with Gasteiger partial charge in [0, 0.05) is 41.1 Å². The van der Waals surface area contributed by atoms with Crippen molar-refractivity contribution in [2.45, 2.75) is 0 Å². The van der Waals surface area contributed by atoms with Gasteiger partial charge in [0.15, 0.2) is 0 Å². The second-order valence-electron chi connectivity index (χ2n) is 6.52. The zero-order valence-electron chi connectivity index (χ0n) is 14.9. The SMILES string of the molecule is O=c1[nH]ccc2nc(Nc3c(Cl)cc(-c4ccn[nH]4)cc3Cl)c3c(c12)=CNCC=3. The summed E-state index contributed by atoms with van der Waals surface area (Å²) in [7, 11) is 0. The van der Waals surface area contributed by atoms with Gasteiger partial charge in [-0.1, -0.05) is 29.3 Å². The minimum absolute atomic E-state index is 0.189. The first kappa shape index (κ1) is 17.8. The van der Waals surface area contributed by atoms with E-state index in [1.54, 1.807) is 30.6 Å². The van der Waals surface area contributed by atoms with E-state index in [2.05, 4.69) is 30.8 Å². The van der Waals surface area contributed by atoms with Gasteiger partial charge in [-0.3, -0.25) is 9.89 Å². The molecule has 7 nitrogen and oxygen atoms in total. The average Bonchev–Trinajstić information content (AvgIpc) is 3.25. The van der Waals surface area contributed by atoms with Crippen molar-refractivity contribution < 1.29 is 0 Å². The fourth-order valence-corrected chi connectivity index (χ4v) is 4.00. The van der Waals surface area contributed by atoms with E-state index < -0.39 is 0 Å². The van der Waals surface area contributed by atoms with Gasteiger partial charge in [0.05, 0.1) is 32.3 Å². The molecule has 1 aliphatic heterocycles. The van der Waals surface area contributed by atoms with E-state index >= 15 is 0 Å². The van der Waals surface area contributed by atoms with Crippen molar-refractivity contribution in [2.24, 2.45) is 0 Å². The van der Waals surface area contributed by atoms with Crippen LogP contribution in [0.4, 0.5) is 11.5 Å². The number of H-pyrrole nitrogens is 2.